The number of rotatable bonds is 2. The Kier molecular flexibility index (Phi) is 4.10. The smallest absolute Gasteiger partial charge is 0.329 e. The highest BCUT2D eigenvalue weighted by Gasteiger charge is 2.65. The number of hydrogen-bond donors (Lipinski definition) is 0. The highest BCUT2D eigenvalue weighted by Crippen LogP contribution is 2.53. The van der Waals surface area contributed by atoms with Crippen LogP contribution >= 0.6 is 15.9 Å². The minimum Gasteiger partial charge on any atom is -0.467 e. The maximum absolute atomic E-state index is 13.5. The quantitative estimate of drug-likeness (QED) is 0.517. The second-order valence-corrected chi connectivity index (χ2v) is 8.26. The van der Waals surface area contributed by atoms with Crippen LogP contribution in [-0.4, -0.2) is 35.8 Å². The Hall–Kier alpha value is -2.93. The molecule has 2 aromatic carbocycles. The molecule has 0 bridgehead atoms. The first-order valence-electron chi connectivity index (χ1n) is 9.28. The summed E-state index contributed by atoms with van der Waals surface area (Å²) < 4.78 is 5.79. The monoisotopic (exact) mass is 452 g/mol. The van der Waals surface area contributed by atoms with Crippen LogP contribution < -0.4 is 4.90 Å². The van der Waals surface area contributed by atoms with Crippen molar-refractivity contribution < 1.29 is 19.1 Å². The fourth-order valence-electron chi connectivity index (χ4n) is 4.82. The molecule has 0 N–H and O–H groups in total. The number of methoxy groups -OCH3 is 1. The van der Waals surface area contributed by atoms with Crippen molar-refractivity contribution in [3.05, 3.63) is 70.3 Å². The van der Waals surface area contributed by atoms with E-state index in [2.05, 4.69) is 15.9 Å². The Morgan fingerprint density at radius 1 is 1.03 bits per heavy atom. The Morgan fingerprint density at radius 3 is 2.55 bits per heavy atom. The van der Waals surface area contributed by atoms with Crippen molar-refractivity contribution >= 4 is 45.5 Å². The highest BCUT2D eigenvalue weighted by molar-refractivity contribution is 9.10. The summed E-state index contributed by atoms with van der Waals surface area (Å²) >= 11 is 3.39. The average Bonchev–Trinajstić information content (AvgIpc) is 3.20. The average molecular weight is 453 g/mol. The Balaban J connectivity index is 1.66. The molecule has 4 atom stereocenters. The van der Waals surface area contributed by atoms with Crippen LogP contribution in [-0.2, 0) is 19.1 Å². The lowest BCUT2D eigenvalue weighted by atomic mass is 9.84. The summed E-state index contributed by atoms with van der Waals surface area (Å²) in [6, 6.07) is 13.6. The molecule has 0 spiro atoms. The zero-order chi connectivity index (χ0) is 20.3. The van der Waals surface area contributed by atoms with Crippen LogP contribution in [0.25, 0.3) is 6.08 Å². The highest BCUT2D eigenvalue weighted by atomic mass is 79.9. The minimum atomic E-state index is -0.840. The zero-order valence-corrected chi connectivity index (χ0v) is 17.1. The molecular weight excluding hydrogens is 436 g/mol. The third-order valence-electron chi connectivity index (χ3n) is 5.97. The van der Waals surface area contributed by atoms with Crippen molar-refractivity contribution in [1.29, 1.82) is 0 Å². The number of halogens is 1. The first-order valence-corrected chi connectivity index (χ1v) is 10.1. The molecule has 146 valence electrons. The molecule has 0 radical (unpaired) electrons. The minimum absolute atomic E-state index is 0.287. The number of esters is 1. The van der Waals surface area contributed by atoms with Crippen molar-refractivity contribution in [2.75, 3.05) is 12.0 Å². The van der Waals surface area contributed by atoms with Gasteiger partial charge in [0.05, 0.1) is 30.7 Å². The summed E-state index contributed by atoms with van der Waals surface area (Å²) in [5.41, 5.74) is 2.42. The van der Waals surface area contributed by atoms with E-state index in [9.17, 15) is 14.4 Å². The van der Waals surface area contributed by atoms with E-state index in [1.807, 2.05) is 41.3 Å². The van der Waals surface area contributed by atoms with E-state index in [4.69, 9.17) is 4.74 Å². The Bertz CT molecular complexity index is 1080. The van der Waals surface area contributed by atoms with E-state index in [0.29, 0.717) is 5.69 Å². The molecule has 2 fully saturated rings. The molecule has 3 aliphatic heterocycles. The van der Waals surface area contributed by atoms with E-state index in [0.717, 1.165) is 15.6 Å². The van der Waals surface area contributed by atoms with Gasteiger partial charge in [-0.15, -0.1) is 0 Å². The van der Waals surface area contributed by atoms with Crippen molar-refractivity contribution in [2.24, 2.45) is 11.8 Å². The molecule has 0 saturated carbocycles. The van der Waals surface area contributed by atoms with E-state index >= 15 is 0 Å². The van der Waals surface area contributed by atoms with Gasteiger partial charge in [-0.2, -0.15) is 0 Å². The summed E-state index contributed by atoms with van der Waals surface area (Å²) in [6.45, 7) is 0. The number of ether oxygens (including phenoxy) is 1. The lowest BCUT2D eigenvalue weighted by molar-refractivity contribution is -0.148. The molecule has 3 heterocycles. The van der Waals surface area contributed by atoms with E-state index in [1.54, 1.807) is 24.4 Å². The van der Waals surface area contributed by atoms with Crippen LogP contribution in [0.1, 0.15) is 17.2 Å². The molecule has 5 rings (SSSR count). The van der Waals surface area contributed by atoms with E-state index in [-0.39, 0.29) is 17.9 Å². The second kappa shape index (κ2) is 6.56. The third kappa shape index (κ3) is 2.50. The van der Waals surface area contributed by atoms with Crippen LogP contribution in [0.15, 0.2) is 59.2 Å². The maximum Gasteiger partial charge on any atom is 0.329 e. The SMILES string of the molecule is COC(=O)[C@@H]1[C@@H]2C(=O)N(c3cccc(Br)c3)C(=O)[C@@H]2[C@H]2c3ccccc3C=CN12. The lowest BCUT2D eigenvalue weighted by Crippen LogP contribution is -2.44. The summed E-state index contributed by atoms with van der Waals surface area (Å²) in [6.07, 6.45) is 3.71. The number of fused-ring (bicyclic) bond motifs is 5. The number of carbonyl (C=O) groups excluding carboxylic acids is 3. The predicted molar refractivity (Wildman–Crippen MR) is 109 cm³/mol. The third-order valence-corrected chi connectivity index (χ3v) is 6.46. The Labute approximate surface area is 175 Å². The van der Waals surface area contributed by atoms with E-state index in [1.165, 1.54) is 12.0 Å². The van der Waals surface area contributed by atoms with Crippen LogP contribution in [0.2, 0.25) is 0 Å². The summed E-state index contributed by atoms with van der Waals surface area (Å²) in [5, 5.41) is 0. The number of nitrogens with zero attached hydrogens (tertiary/aromatic N) is 2. The van der Waals surface area contributed by atoms with Gasteiger partial charge < -0.3 is 9.64 Å². The molecule has 2 aromatic rings. The first kappa shape index (κ1) is 18.1. The number of amides is 2. The van der Waals surface area contributed by atoms with Gasteiger partial charge in [-0.25, -0.2) is 9.69 Å². The van der Waals surface area contributed by atoms with Crippen molar-refractivity contribution in [3.63, 3.8) is 0 Å². The molecule has 0 aliphatic carbocycles. The zero-order valence-electron chi connectivity index (χ0n) is 15.5. The molecule has 2 amide bonds. The van der Waals surface area contributed by atoms with Crippen LogP contribution in [0.5, 0.6) is 0 Å². The molecule has 7 heteroatoms. The normalized spacial score (nSPS) is 27.0. The summed E-state index contributed by atoms with van der Waals surface area (Å²) in [4.78, 5) is 42.7. The van der Waals surface area contributed by atoms with Gasteiger partial charge in [-0.3, -0.25) is 9.59 Å². The number of hydrogen-bond acceptors (Lipinski definition) is 5. The molecule has 3 aliphatic rings. The van der Waals surface area contributed by atoms with Crippen molar-refractivity contribution in [1.82, 2.24) is 4.90 Å². The van der Waals surface area contributed by atoms with Crippen LogP contribution in [0.3, 0.4) is 0 Å². The summed E-state index contributed by atoms with van der Waals surface area (Å²) in [7, 11) is 1.31. The largest absolute Gasteiger partial charge is 0.467 e. The number of benzene rings is 2. The molecule has 0 unspecified atom stereocenters. The first-order chi connectivity index (χ1) is 14.0. The fourth-order valence-corrected chi connectivity index (χ4v) is 5.20. The van der Waals surface area contributed by atoms with Crippen LogP contribution in [0.4, 0.5) is 5.69 Å². The fraction of sp³-hybridized carbons (Fsp3) is 0.227. The second-order valence-electron chi connectivity index (χ2n) is 7.35. The van der Waals surface area contributed by atoms with Gasteiger partial charge in [-0.1, -0.05) is 46.3 Å². The van der Waals surface area contributed by atoms with Gasteiger partial charge in [-0.05, 0) is 35.4 Å². The molecular formula is C22H17BrN2O4. The maximum atomic E-state index is 13.5. The van der Waals surface area contributed by atoms with Gasteiger partial charge >= 0.3 is 5.97 Å². The standard InChI is InChI=1S/C22H17BrN2O4/c1-29-22(28)19-17-16(18-15-8-3-2-5-12(15)9-10-24(18)19)20(26)25(21(17)27)14-7-4-6-13(23)11-14/h2-11,16-19H,1H3/t16-,17+,18+,19-/m0/s1. The van der Waals surface area contributed by atoms with Gasteiger partial charge in [0.15, 0.2) is 0 Å². The van der Waals surface area contributed by atoms with Gasteiger partial charge in [0.25, 0.3) is 0 Å². The Morgan fingerprint density at radius 2 is 1.79 bits per heavy atom. The molecule has 2 saturated heterocycles. The number of carbonyl (C=O) groups is 3. The summed E-state index contributed by atoms with van der Waals surface area (Å²) in [5.74, 6) is -2.62. The molecule has 6 nitrogen and oxygen atoms in total. The van der Waals surface area contributed by atoms with Crippen molar-refractivity contribution in [3.8, 4) is 0 Å². The number of imide groups is 1. The lowest BCUT2D eigenvalue weighted by Gasteiger charge is -2.34. The van der Waals surface area contributed by atoms with E-state index < -0.39 is 23.8 Å². The molecule has 0 aromatic heterocycles. The van der Waals surface area contributed by atoms with Gasteiger partial charge in [0, 0.05) is 10.7 Å². The molecule has 29 heavy (non-hydrogen) atoms. The van der Waals surface area contributed by atoms with Gasteiger partial charge in [0.1, 0.15) is 6.04 Å². The topological polar surface area (TPSA) is 66.9 Å². The van der Waals surface area contributed by atoms with Crippen molar-refractivity contribution in [2.45, 2.75) is 12.1 Å². The number of anilines is 1. The van der Waals surface area contributed by atoms with Gasteiger partial charge in [0.2, 0.25) is 11.8 Å². The predicted octanol–water partition coefficient (Wildman–Crippen LogP) is 3.14. The van der Waals surface area contributed by atoms with Crippen LogP contribution in [0, 0.1) is 11.8 Å².